The topological polar surface area (TPSA) is 6.48 Å². The molecule has 0 aromatic rings. The van der Waals surface area contributed by atoms with Gasteiger partial charge in [0.25, 0.3) is 0 Å². The van der Waals surface area contributed by atoms with Gasteiger partial charge in [-0.15, -0.1) is 0 Å². The molecular weight excluding hydrogens is 232 g/mol. The van der Waals surface area contributed by atoms with E-state index in [0.717, 1.165) is 0 Å². The van der Waals surface area contributed by atoms with Crippen LogP contribution < -0.4 is 0 Å². The molecule has 0 spiro atoms. The van der Waals surface area contributed by atoms with Gasteiger partial charge in [-0.2, -0.15) is 0 Å². The number of hydrogen-bond acceptors (Lipinski definition) is 2. The third-order valence-electron chi connectivity index (χ3n) is 3.99. The van der Waals surface area contributed by atoms with Crippen LogP contribution in [0.5, 0.6) is 0 Å². The number of hydrogen-bond donors (Lipinski definition) is 0. The van der Waals surface area contributed by atoms with Gasteiger partial charge in [0.2, 0.25) is 0 Å². The van der Waals surface area contributed by atoms with Crippen molar-refractivity contribution in [3.63, 3.8) is 0 Å². The van der Waals surface area contributed by atoms with E-state index >= 15 is 0 Å². The van der Waals surface area contributed by atoms with Crippen LogP contribution in [0.2, 0.25) is 0 Å². The van der Waals surface area contributed by atoms with Crippen molar-refractivity contribution in [2.45, 2.75) is 84.7 Å². The van der Waals surface area contributed by atoms with Crippen LogP contribution in [-0.2, 0) is 0 Å². The zero-order valence-corrected chi connectivity index (χ0v) is 13.4. The standard InChI is InChI=1S/C17H34N2/c1-4-7-8-9-10-11-12-17-18(13-5-2)15-16-19(17)14-6-3/h15-17H,4-14H2,1-3H3. The summed E-state index contributed by atoms with van der Waals surface area (Å²) in [4.78, 5) is 5.09. The first kappa shape index (κ1) is 16.4. The van der Waals surface area contributed by atoms with Crippen LogP contribution in [0.15, 0.2) is 12.4 Å². The minimum absolute atomic E-state index is 0.645. The molecule has 1 heterocycles. The van der Waals surface area contributed by atoms with Gasteiger partial charge >= 0.3 is 0 Å². The average Bonchev–Trinajstić information content (AvgIpc) is 2.78. The van der Waals surface area contributed by atoms with Gasteiger partial charge in [-0.05, 0) is 25.7 Å². The Morgan fingerprint density at radius 1 is 0.684 bits per heavy atom. The maximum Gasteiger partial charge on any atom is 0.101 e. The molecule has 0 fully saturated rings. The molecule has 0 aromatic carbocycles. The molecule has 0 aliphatic carbocycles. The Bertz CT molecular complexity index is 221. The van der Waals surface area contributed by atoms with Crippen LogP contribution in [0.4, 0.5) is 0 Å². The molecule has 1 aliphatic heterocycles. The predicted octanol–water partition coefficient (Wildman–Crippen LogP) is 4.97. The molecule has 0 unspecified atom stereocenters. The van der Waals surface area contributed by atoms with Crippen LogP contribution in [0.3, 0.4) is 0 Å². The third-order valence-corrected chi connectivity index (χ3v) is 3.99. The van der Waals surface area contributed by atoms with Crippen molar-refractivity contribution in [2.75, 3.05) is 13.1 Å². The van der Waals surface area contributed by atoms with Crippen molar-refractivity contribution in [3.05, 3.63) is 12.4 Å². The van der Waals surface area contributed by atoms with E-state index in [0.29, 0.717) is 6.17 Å². The molecule has 0 atom stereocenters. The maximum atomic E-state index is 2.54. The normalized spacial score (nSPS) is 15.7. The van der Waals surface area contributed by atoms with E-state index < -0.39 is 0 Å². The number of unbranched alkanes of at least 4 members (excludes halogenated alkanes) is 5. The Morgan fingerprint density at radius 2 is 1.21 bits per heavy atom. The van der Waals surface area contributed by atoms with Gasteiger partial charge in [0.1, 0.15) is 6.17 Å². The van der Waals surface area contributed by atoms with Crippen LogP contribution in [0.25, 0.3) is 0 Å². The first-order chi connectivity index (χ1) is 9.33. The summed E-state index contributed by atoms with van der Waals surface area (Å²) >= 11 is 0. The highest BCUT2D eigenvalue weighted by atomic mass is 15.4. The Morgan fingerprint density at radius 3 is 1.74 bits per heavy atom. The van der Waals surface area contributed by atoms with Gasteiger partial charge in [-0.1, -0.05) is 52.9 Å². The van der Waals surface area contributed by atoms with E-state index in [1.54, 1.807) is 0 Å². The van der Waals surface area contributed by atoms with Crippen molar-refractivity contribution < 1.29 is 0 Å². The van der Waals surface area contributed by atoms with Gasteiger partial charge in [-0.3, -0.25) is 0 Å². The summed E-state index contributed by atoms with van der Waals surface area (Å²) in [7, 11) is 0. The Labute approximate surface area is 120 Å². The molecule has 0 aromatic heterocycles. The van der Waals surface area contributed by atoms with Gasteiger partial charge in [0.15, 0.2) is 0 Å². The van der Waals surface area contributed by atoms with Gasteiger partial charge < -0.3 is 9.80 Å². The summed E-state index contributed by atoms with van der Waals surface area (Å²) in [5, 5.41) is 0. The van der Waals surface area contributed by atoms with Gasteiger partial charge in [0.05, 0.1) is 0 Å². The van der Waals surface area contributed by atoms with Crippen LogP contribution in [0.1, 0.15) is 78.6 Å². The lowest BCUT2D eigenvalue weighted by molar-refractivity contribution is 0.139. The van der Waals surface area contributed by atoms with Crippen molar-refractivity contribution in [1.82, 2.24) is 9.80 Å². The van der Waals surface area contributed by atoms with Crippen molar-refractivity contribution in [3.8, 4) is 0 Å². The predicted molar refractivity (Wildman–Crippen MR) is 84.9 cm³/mol. The fourth-order valence-corrected chi connectivity index (χ4v) is 2.96. The molecular formula is C17H34N2. The lowest BCUT2D eigenvalue weighted by atomic mass is 10.1. The minimum atomic E-state index is 0.645. The quantitative estimate of drug-likeness (QED) is 0.487. The van der Waals surface area contributed by atoms with E-state index in [2.05, 4.69) is 43.0 Å². The van der Waals surface area contributed by atoms with Crippen LogP contribution in [0, 0.1) is 0 Å². The molecule has 2 heteroatoms. The third kappa shape index (κ3) is 5.88. The highest BCUT2D eigenvalue weighted by Gasteiger charge is 2.24. The largest absolute Gasteiger partial charge is 0.356 e. The molecule has 0 amide bonds. The second-order valence-electron chi connectivity index (χ2n) is 5.81. The fraction of sp³-hybridized carbons (Fsp3) is 0.882. The summed E-state index contributed by atoms with van der Waals surface area (Å²) in [5.41, 5.74) is 0. The Kier molecular flexibility index (Phi) is 8.77. The SMILES string of the molecule is CCCCCCCCC1N(CCC)C=CN1CCC. The first-order valence-electron chi connectivity index (χ1n) is 8.53. The second-order valence-corrected chi connectivity index (χ2v) is 5.81. The summed E-state index contributed by atoms with van der Waals surface area (Å²) in [6.07, 6.45) is 17.5. The van der Waals surface area contributed by atoms with Crippen molar-refractivity contribution in [2.24, 2.45) is 0 Å². The zero-order valence-electron chi connectivity index (χ0n) is 13.4. The molecule has 1 rings (SSSR count). The van der Waals surface area contributed by atoms with E-state index in [-0.39, 0.29) is 0 Å². The van der Waals surface area contributed by atoms with Gasteiger partial charge in [0, 0.05) is 25.5 Å². The monoisotopic (exact) mass is 266 g/mol. The maximum absolute atomic E-state index is 2.54. The van der Waals surface area contributed by atoms with Crippen molar-refractivity contribution >= 4 is 0 Å². The van der Waals surface area contributed by atoms with E-state index in [1.807, 2.05) is 0 Å². The van der Waals surface area contributed by atoms with Crippen molar-refractivity contribution in [1.29, 1.82) is 0 Å². The number of nitrogens with zero attached hydrogens (tertiary/aromatic N) is 2. The zero-order chi connectivity index (χ0) is 13.9. The molecule has 0 N–H and O–H groups in total. The summed E-state index contributed by atoms with van der Waals surface area (Å²) in [6, 6.07) is 0. The molecule has 1 aliphatic rings. The van der Waals surface area contributed by atoms with E-state index in [9.17, 15) is 0 Å². The highest BCUT2D eigenvalue weighted by molar-refractivity contribution is 4.96. The molecule has 0 radical (unpaired) electrons. The Balaban J connectivity index is 2.25. The first-order valence-corrected chi connectivity index (χ1v) is 8.53. The van der Waals surface area contributed by atoms with Crippen LogP contribution in [-0.4, -0.2) is 29.1 Å². The smallest absolute Gasteiger partial charge is 0.101 e. The van der Waals surface area contributed by atoms with E-state index in [1.165, 1.54) is 70.9 Å². The molecule has 0 bridgehead atoms. The fourth-order valence-electron chi connectivity index (χ4n) is 2.96. The average molecular weight is 266 g/mol. The molecule has 0 saturated carbocycles. The number of rotatable bonds is 11. The van der Waals surface area contributed by atoms with Crippen LogP contribution >= 0.6 is 0 Å². The lowest BCUT2D eigenvalue weighted by Crippen LogP contribution is -2.39. The summed E-state index contributed by atoms with van der Waals surface area (Å²) < 4.78 is 0. The second kappa shape index (κ2) is 10.2. The lowest BCUT2D eigenvalue weighted by Gasteiger charge is -2.32. The highest BCUT2D eigenvalue weighted by Crippen LogP contribution is 2.22. The molecule has 2 nitrogen and oxygen atoms in total. The van der Waals surface area contributed by atoms with E-state index in [4.69, 9.17) is 0 Å². The summed E-state index contributed by atoms with van der Waals surface area (Å²) in [5.74, 6) is 0. The molecule has 19 heavy (non-hydrogen) atoms. The molecule has 0 saturated heterocycles. The molecule has 112 valence electrons. The van der Waals surface area contributed by atoms with Gasteiger partial charge in [-0.25, -0.2) is 0 Å². The minimum Gasteiger partial charge on any atom is -0.356 e. The Hall–Kier alpha value is -0.660. The summed E-state index contributed by atoms with van der Waals surface area (Å²) in [6.45, 7) is 9.25.